The van der Waals surface area contributed by atoms with Gasteiger partial charge in [0.15, 0.2) is 0 Å². The molecule has 0 aliphatic carbocycles. The summed E-state index contributed by atoms with van der Waals surface area (Å²) < 4.78 is 5.72. The van der Waals surface area contributed by atoms with Crippen molar-refractivity contribution in [2.24, 2.45) is 11.1 Å². The summed E-state index contributed by atoms with van der Waals surface area (Å²) in [5.74, 6) is 0.843. The van der Waals surface area contributed by atoms with Gasteiger partial charge in [-0.3, -0.25) is 0 Å². The molecule has 0 aromatic heterocycles. The van der Waals surface area contributed by atoms with Gasteiger partial charge in [-0.1, -0.05) is 43.7 Å². The van der Waals surface area contributed by atoms with Crippen molar-refractivity contribution in [2.75, 3.05) is 6.61 Å². The lowest BCUT2D eigenvalue weighted by Crippen LogP contribution is -2.30. The third kappa shape index (κ3) is 4.46. The maximum Gasteiger partial charge on any atom is 0.123 e. The lowest BCUT2D eigenvalue weighted by atomic mass is 9.88. The van der Waals surface area contributed by atoms with Gasteiger partial charge in [-0.15, -0.1) is 0 Å². The van der Waals surface area contributed by atoms with Gasteiger partial charge in [-0.05, 0) is 37.5 Å². The molecule has 18 heavy (non-hydrogen) atoms. The fourth-order valence-electron chi connectivity index (χ4n) is 1.55. The minimum atomic E-state index is -0.109. The zero-order valence-corrected chi connectivity index (χ0v) is 12.7. The van der Waals surface area contributed by atoms with Gasteiger partial charge >= 0.3 is 0 Å². The summed E-state index contributed by atoms with van der Waals surface area (Å²) in [6.07, 6.45) is 1.83. The minimum absolute atomic E-state index is 0.109. The molecule has 1 rings (SSSR count). The molecule has 0 aliphatic rings. The topological polar surface area (TPSA) is 35.2 Å². The van der Waals surface area contributed by atoms with E-state index in [0.29, 0.717) is 16.6 Å². The van der Waals surface area contributed by atoms with Gasteiger partial charge in [-0.2, -0.15) is 0 Å². The maximum atomic E-state index is 5.93. The van der Waals surface area contributed by atoms with Gasteiger partial charge in [0.2, 0.25) is 0 Å². The number of halogens is 1. The maximum absolute atomic E-state index is 5.93. The molecule has 0 amide bonds. The average molecular weight is 286 g/mol. The molecule has 0 aliphatic heterocycles. The Morgan fingerprint density at radius 2 is 2.11 bits per heavy atom. The van der Waals surface area contributed by atoms with Crippen molar-refractivity contribution < 1.29 is 4.74 Å². The van der Waals surface area contributed by atoms with Crippen LogP contribution in [0, 0.1) is 12.3 Å². The summed E-state index contributed by atoms with van der Waals surface area (Å²) in [4.78, 5) is 0.557. The minimum Gasteiger partial charge on any atom is -0.493 e. The van der Waals surface area contributed by atoms with E-state index >= 15 is 0 Å². The number of ether oxygens (including phenoxy) is 1. The third-order valence-corrected chi connectivity index (χ3v) is 3.81. The van der Waals surface area contributed by atoms with Gasteiger partial charge in [0, 0.05) is 10.4 Å². The lowest BCUT2D eigenvalue weighted by molar-refractivity contribution is 0.286. The summed E-state index contributed by atoms with van der Waals surface area (Å²) in [5.41, 5.74) is 6.66. The van der Waals surface area contributed by atoms with Gasteiger partial charge < -0.3 is 10.5 Å². The second kappa shape index (κ2) is 6.39. The Labute approximate surface area is 119 Å². The van der Waals surface area contributed by atoms with Crippen LogP contribution in [0.3, 0.4) is 0 Å². The van der Waals surface area contributed by atoms with Crippen molar-refractivity contribution in [2.45, 2.75) is 33.6 Å². The van der Waals surface area contributed by atoms with Crippen LogP contribution in [-0.2, 0) is 0 Å². The lowest BCUT2D eigenvalue weighted by Gasteiger charge is -2.22. The molecule has 1 aromatic carbocycles. The highest BCUT2D eigenvalue weighted by Gasteiger charge is 2.20. The number of nitrogens with two attached hydrogens (primary N) is 1. The van der Waals surface area contributed by atoms with Gasteiger partial charge in [0.05, 0.1) is 11.6 Å². The normalized spacial score (nSPS) is 11.3. The molecule has 0 spiro atoms. The van der Waals surface area contributed by atoms with Crippen LogP contribution in [0.15, 0.2) is 18.2 Å². The second-order valence-corrected chi connectivity index (χ2v) is 5.99. The Bertz CT molecular complexity index is 432. The fourth-order valence-corrected chi connectivity index (χ4v) is 1.81. The van der Waals surface area contributed by atoms with E-state index in [0.717, 1.165) is 24.2 Å². The Morgan fingerprint density at radius 3 is 2.72 bits per heavy atom. The van der Waals surface area contributed by atoms with Crippen LogP contribution in [0.4, 0.5) is 0 Å². The Balaban J connectivity index is 2.43. The molecule has 4 heteroatoms. The van der Waals surface area contributed by atoms with E-state index in [1.807, 2.05) is 25.1 Å². The predicted molar refractivity (Wildman–Crippen MR) is 81.5 cm³/mol. The predicted octanol–water partition coefficient (Wildman–Crippen LogP) is 4.12. The summed E-state index contributed by atoms with van der Waals surface area (Å²) in [6, 6.07) is 5.66. The molecule has 0 fully saturated rings. The Morgan fingerprint density at radius 1 is 1.44 bits per heavy atom. The number of thiocarbonyl (C=S) groups is 1. The highest BCUT2D eigenvalue weighted by Crippen LogP contribution is 2.25. The van der Waals surface area contributed by atoms with Crippen molar-refractivity contribution in [1.29, 1.82) is 0 Å². The molecule has 0 unspecified atom stereocenters. The zero-order chi connectivity index (χ0) is 13.8. The van der Waals surface area contributed by atoms with E-state index in [1.54, 1.807) is 0 Å². The van der Waals surface area contributed by atoms with Crippen LogP contribution in [-0.4, -0.2) is 11.6 Å². The average Bonchev–Trinajstić information content (AvgIpc) is 2.28. The van der Waals surface area contributed by atoms with Gasteiger partial charge in [0.25, 0.3) is 0 Å². The number of hydrogen-bond acceptors (Lipinski definition) is 2. The molecule has 0 saturated carbocycles. The molecule has 0 saturated heterocycles. The molecule has 0 atom stereocenters. The third-order valence-electron chi connectivity index (χ3n) is 3.02. The number of rotatable bonds is 6. The van der Waals surface area contributed by atoms with Crippen LogP contribution < -0.4 is 10.5 Å². The summed E-state index contributed by atoms with van der Waals surface area (Å²) in [6.45, 7) is 6.76. The zero-order valence-electron chi connectivity index (χ0n) is 11.1. The van der Waals surface area contributed by atoms with Crippen LogP contribution in [0.25, 0.3) is 0 Å². The van der Waals surface area contributed by atoms with Crippen LogP contribution in [0.2, 0.25) is 5.02 Å². The van der Waals surface area contributed by atoms with Crippen molar-refractivity contribution in [3.05, 3.63) is 28.8 Å². The first-order valence-corrected chi connectivity index (χ1v) is 6.80. The quantitative estimate of drug-likeness (QED) is 0.631. The molecular weight excluding hydrogens is 266 g/mol. The molecule has 1 aromatic rings. The van der Waals surface area contributed by atoms with Crippen molar-refractivity contribution in [1.82, 2.24) is 0 Å². The first kappa shape index (κ1) is 15.3. The molecule has 0 radical (unpaired) electrons. The summed E-state index contributed by atoms with van der Waals surface area (Å²) in [7, 11) is 0. The van der Waals surface area contributed by atoms with Gasteiger partial charge in [0.1, 0.15) is 5.75 Å². The first-order valence-electron chi connectivity index (χ1n) is 6.02. The monoisotopic (exact) mass is 285 g/mol. The molecular formula is C14H20ClNOS. The van der Waals surface area contributed by atoms with E-state index in [-0.39, 0.29) is 5.41 Å². The largest absolute Gasteiger partial charge is 0.493 e. The van der Waals surface area contributed by atoms with Crippen LogP contribution >= 0.6 is 23.8 Å². The van der Waals surface area contributed by atoms with E-state index in [2.05, 4.69) is 13.8 Å². The SMILES string of the molecule is Cc1ccc(Cl)cc1OCCCC(C)(C)C(N)=S. The molecule has 100 valence electrons. The second-order valence-electron chi connectivity index (χ2n) is 5.11. The highest BCUT2D eigenvalue weighted by molar-refractivity contribution is 7.80. The molecule has 2 nitrogen and oxygen atoms in total. The number of aryl methyl sites for hydroxylation is 1. The summed E-state index contributed by atoms with van der Waals surface area (Å²) in [5, 5.41) is 0.694. The Hall–Kier alpha value is -0.800. The fraction of sp³-hybridized carbons (Fsp3) is 0.500. The first-order chi connectivity index (χ1) is 8.33. The van der Waals surface area contributed by atoms with E-state index in [4.69, 9.17) is 34.3 Å². The van der Waals surface area contributed by atoms with Crippen LogP contribution in [0.1, 0.15) is 32.3 Å². The summed E-state index contributed by atoms with van der Waals surface area (Å²) >= 11 is 11.0. The molecule has 0 bridgehead atoms. The van der Waals surface area contributed by atoms with E-state index in [1.165, 1.54) is 0 Å². The molecule has 0 heterocycles. The van der Waals surface area contributed by atoms with Crippen LogP contribution in [0.5, 0.6) is 5.75 Å². The number of hydrogen-bond donors (Lipinski definition) is 1. The smallest absolute Gasteiger partial charge is 0.123 e. The van der Waals surface area contributed by atoms with Crippen molar-refractivity contribution >= 4 is 28.8 Å². The van der Waals surface area contributed by atoms with E-state index in [9.17, 15) is 0 Å². The Kier molecular flexibility index (Phi) is 5.42. The standard InChI is InChI=1S/C14H20ClNOS/c1-10-5-6-11(15)9-12(10)17-8-4-7-14(2,3)13(16)18/h5-6,9H,4,7-8H2,1-3H3,(H2,16,18). The van der Waals surface area contributed by atoms with Gasteiger partial charge in [-0.25, -0.2) is 0 Å². The number of benzene rings is 1. The van der Waals surface area contributed by atoms with Crippen molar-refractivity contribution in [3.8, 4) is 5.75 Å². The van der Waals surface area contributed by atoms with E-state index < -0.39 is 0 Å². The molecule has 2 N–H and O–H groups in total. The highest BCUT2D eigenvalue weighted by atomic mass is 35.5. The van der Waals surface area contributed by atoms with Crippen molar-refractivity contribution in [3.63, 3.8) is 0 Å².